The highest BCUT2D eigenvalue weighted by atomic mass is 16.6. The van der Waals surface area contributed by atoms with E-state index in [1.165, 1.54) is 0 Å². The van der Waals surface area contributed by atoms with Crippen LogP contribution in [0.15, 0.2) is 0 Å². The molecule has 0 bridgehead atoms. The second-order valence-electron chi connectivity index (χ2n) is 7.48. The van der Waals surface area contributed by atoms with Gasteiger partial charge in [0.15, 0.2) is 0 Å². The van der Waals surface area contributed by atoms with Crippen LogP contribution in [0, 0.1) is 11.8 Å². The molecule has 0 aliphatic heterocycles. The number of carbonyl (C=O) groups excluding carboxylic acids is 2. The SMILES string of the molecule is O=C(OCCO)C1CCC(C(=O)OC2CCC(OCCOCCO)CC2)CC1. The molecule has 0 unspecified atom stereocenters. The lowest BCUT2D eigenvalue weighted by Gasteiger charge is -2.31. The van der Waals surface area contributed by atoms with Crippen LogP contribution in [-0.4, -0.2) is 74.0 Å². The Morgan fingerprint density at radius 3 is 1.86 bits per heavy atom. The molecule has 8 nitrogen and oxygen atoms in total. The molecule has 2 fully saturated rings. The Balaban J connectivity index is 1.58. The van der Waals surface area contributed by atoms with Gasteiger partial charge >= 0.3 is 11.9 Å². The zero-order chi connectivity index (χ0) is 20.2. The van der Waals surface area contributed by atoms with Crippen LogP contribution in [0.1, 0.15) is 51.4 Å². The van der Waals surface area contributed by atoms with E-state index in [4.69, 9.17) is 29.2 Å². The van der Waals surface area contributed by atoms with Crippen molar-refractivity contribution < 1.29 is 38.7 Å². The van der Waals surface area contributed by atoms with E-state index in [1.807, 2.05) is 0 Å². The zero-order valence-electron chi connectivity index (χ0n) is 16.6. The molecular formula is C20H34O8. The molecule has 0 aromatic rings. The van der Waals surface area contributed by atoms with Crippen molar-refractivity contribution in [3.8, 4) is 0 Å². The summed E-state index contributed by atoms with van der Waals surface area (Å²) < 4.78 is 21.6. The van der Waals surface area contributed by atoms with Crippen molar-refractivity contribution in [1.29, 1.82) is 0 Å². The van der Waals surface area contributed by atoms with Crippen LogP contribution in [0.2, 0.25) is 0 Å². The molecule has 2 N–H and O–H groups in total. The fourth-order valence-electron chi connectivity index (χ4n) is 3.85. The van der Waals surface area contributed by atoms with E-state index in [-0.39, 0.29) is 55.8 Å². The molecule has 2 saturated carbocycles. The lowest BCUT2D eigenvalue weighted by molar-refractivity contribution is -0.161. The first-order valence-electron chi connectivity index (χ1n) is 10.4. The summed E-state index contributed by atoms with van der Waals surface area (Å²) >= 11 is 0. The van der Waals surface area contributed by atoms with E-state index >= 15 is 0 Å². The molecule has 0 heterocycles. The summed E-state index contributed by atoms with van der Waals surface area (Å²) in [4.78, 5) is 24.3. The van der Waals surface area contributed by atoms with Gasteiger partial charge in [-0.3, -0.25) is 9.59 Å². The Hall–Kier alpha value is -1.22. The van der Waals surface area contributed by atoms with Crippen molar-refractivity contribution in [2.75, 3.05) is 39.6 Å². The molecule has 0 atom stereocenters. The van der Waals surface area contributed by atoms with Crippen molar-refractivity contribution in [2.24, 2.45) is 11.8 Å². The molecule has 2 rings (SSSR count). The maximum absolute atomic E-state index is 12.4. The second-order valence-corrected chi connectivity index (χ2v) is 7.48. The van der Waals surface area contributed by atoms with Crippen LogP contribution in [0.3, 0.4) is 0 Å². The maximum atomic E-state index is 12.4. The molecule has 0 aromatic carbocycles. The monoisotopic (exact) mass is 402 g/mol. The van der Waals surface area contributed by atoms with Crippen molar-refractivity contribution in [1.82, 2.24) is 0 Å². The van der Waals surface area contributed by atoms with Gasteiger partial charge < -0.3 is 29.2 Å². The van der Waals surface area contributed by atoms with Crippen molar-refractivity contribution in [3.05, 3.63) is 0 Å². The number of ether oxygens (including phenoxy) is 4. The number of hydrogen-bond donors (Lipinski definition) is 2. The Labute approximate surface area is 166 Å². The lowest BCUT2D eigenvalue weighted by atomic mass is 9.82. The fourth-order valence-corrected chi connectivity index (χ4v) is 3.85. The molecule has 0 amide bonds. The van der Waals surface area contributed by atoms with Crippen LogP contribution >= 0.6 is 0 Å². The summed E-state index contributed by atoms with van der Waals surface area (Å²) in [5.74, 6) is -0.742. The van der Waals surface area contributed by atoms with Gasteiger partial charge in [-0.15, -0.1) is 0 Å². The largest absolute Gasteiger partial charge is 0.463 e. The predicted molar refractivity (Wildman–Crippen MR) is 99.5 cm³/mol. The molecule has 0 spiro atoms. The van der Waals surface area contributed by atoms with Crippen LogP contribution < -0.4 is 0 Å². The topological polar surface area (TPSA) is 112 Å². The minimum Gasteiger partial charge on any atom is -0.463 e. The molecule has 8 heteroatoms. The predicted octanol–water partition coefficient (Wildman–Crippen LogP) is 1.21. The molecule has 2 aliphatic carbocycles. The van der Waals surface area contributed by atoms with Crippen molar-refractivity contribution in [3.63, 3.8) is 0 Å². The van der Waals surface area contributed by atoms with E-state index in [0.717, 1.165) is 25.7 Å². The molecule has 0 radical (unpaired) electrons. The van der Waals surface area contributed by atoms with E-state index in [9.17, 15) is 9.59 Å². The first-order chi connectivity index (χ1) is 13.6. The van der Waals surface area contributed by atoms with E-state index in [1.54, 1.807) is 0 Å². The van der Waals surface area contributed by atoms with Crippen LogP contribution in [0.5, 0.6) is 0 Å². The van der Waals surface area contributed by atoms with Gasteiger partial charge in [0, 0.05) is 0 Å². The van der Waals surface area contributed by atoms with Gasteiger partial charge in [0.05, 0.1) is 51.0 Å². The summed E-state index contributed by atoms with van der Waals surface area (Å²) in [6.45, 7) is 1.20. The quantitative estimate of drug-likeness (QED) is 0.392. The molecule has 0 aromatic heterocycles. The van der Waals surface area contributed by atoms with Gasteiger partial charge in [-0.1, -0.05) is 0 Å². The van der Waals surface area contributed by atoms with E-state index < -0.39 is 0 Å². The van der Waals surface area contributed by atoms with Gasteiger partial charge in [-0.05, 0) is 51.4 Å². The minimum absolute atomic E-state index is 0.0198. The van der Waals surface area contributed by atoms with Crippen molar-refractivity contribution >= 4 is 11.9 Å². The number of rotatable bonds is 11. The smallest absolute Gasteiger partial charge is 0.309 e. The third-order valence-corrected chi connectivity index (χ3v) is 5.45. The molecule has 28 heavy (non-hydrogen) atoms. The highest BCUT2D eigenvalue weighted by Gasteiger charge is 2.33. The summed E-state index contributed by atoms with van der Waals surface area (Å²) in [6, 6.07) is 0. The number of aliphatic hydroxyl groups is 2. The van der Waals surface area contributed by atoms with Gasteiger partial charge in [-0.2, -0.15) is 0 Å². The highest BCUT2D eigenvalue weighted by Crippen LogP contribution is 2.32. The van der Waals surface area contributed by atoms with E-state index in [0.29, 0.717) is 45.5 Å². The average molecular weight is 402 g/mol. The van der Waals surface area contributed by atoms with Crippen molar-refractivity contribution in [2.45, 2.75) is 63.6 Å². The first-order valence-corrected chi connectivity index (χ1v) is 10.4. The minimum atomic E-state index is -0.277. The number of carbonyl (C=O) groups is 2. The van der Waals surface area contributed by atoms with Crippen LogP contribution in [0.4, 0.5) is 0 Å². The highest BCUT2D eigenvalue weighted by molar-refractivity contribution is 5.75. The second kappa shape index (κ2) is 13.1. The maximum Gasteiger partial charge on any atom is 0.309 e. The van der Waals surface area contributed by atoms with Crippen LogP contribution in [-0.2, 0) is 28.5 Å². The van der Waals surface area contributed by atoms with Gasteiger partial charge in [0.25, 0.3) is 0 Å². The third-order valence-electron chi connectivity index (χ3n) is 5.45. The number of hydrogen-bond acceptors (Lipinski definition) is 8. The first kappa shape index (κ1) is 23.1. The Kier molecular flexibility index (Phi) is 10.8. The van der Waals surface area contributed by atoms with E-state index in [2.05, 4.69) is 0 Å². The van der Waals surface area contributed by atoms with Gasteiger partial charge in [0.1, 0.15) is 12.7 Å². The van der Waals surface area contributed by atoms with Gasteiger partial charge in [0.2, 0.25) is 0 Å². The lowest BCUT2D eigenvalue weighted by Crippen LogP contribution is -2.33. The Morgan fingerprint density at radius 2 is 1.25 bits per heavy atom. The summed E-state index contributed by atoms with van der Waals surface area (Å²) in [7, 11) is 0. The number of aliphatic hydroxyl groups excluding tert-OH is 2. The summed E-state index contributed by atoms with van der Waals surface area (Å²) in [6.07, 6.45) is 5.99. The average Bonchev–Trinajstić information content (AvgIpc) is 2.73. The zero-order valence-corrected chi connectivity index (χ0v) is 16.6. The Bertz CT molecular complexity index is 453. The number of esters is 2. The fraction of sp³-hybridized carbons (Fsp3) is 0.900. The third kappa shape index (κ3) is 8.03. The van der Waals surface area contributed by atoms with Gasteiger partial charge in [-0.25, -0.2) is 0 Å². The normalized spacial score (nSPS) is 27.9. The summed E-state index contributed by atoms with van der Waals surface area (Å²) in [5, 5.41) is 17.4. The summed E-state index contributed by atoms with van der Waals surface area (Å²) in [5.41, 5.74) is 0. The standard InChI is InChI=1S/C20H34O8/c21-9-11-25-13-14-26-17-5-7-18(8-6-17)28-20(24)16-3-1-15(2-4-16)19(23)27-12-10-22/h15-18,21-22H,1-14H2. The molecule has 0 saturated heterocycles. The molecule has 162 valence electrons. The molecule has 2 aliphatic rings. The van der Waals surface area contributed by atoms with Crippen LogP contribution in [0.25, 0.3) is 0 Å². The Morgan fingerprint density at radius 1 is 0.679 bits per heavy atom. The molecular weight excluding hydrogens is 368 g/mol.